The van der Waals surface area contributed by atoms with Gasteiger partial charge in [0.25, 0.3) is 0 Å². The number of carbonyl (C=O) groups is 2. The van der Waals surface area contributed by atoms with E-state index in [-0.39, 0.29) is 11.3 Å². The number of benzene rings is 1. The predicted octanol–water partition coefficient (Wildman–Crippen LogP) is 1.29. The van der Waals surface area contributed by atoms with Crippen LogP contribution in [0.1, 0.15) is 24.2 Å². The summed E-state index contributed by atoms with van der Waals surface area (Å²) in [5.41, 5.74) is -0.556. The van der Waals surface area contributed by atoms with Crippen molar-refractivity contribution >= 4 is 27.4 Å². The lowest BCUT2D eigenvalue weighted by molar-refractivity contribution is -0.117. The number of carbonyl (C=O) groups excluding carboxylic acids is 1. The number of amides is 1. The van der Waals surface area contributed by atoms with Gasteiger partial charge in [-0.1, -0.05) is 0 Å². The number of sulfone groups is 1. The SMILES string of the molecule is CC(C)(C(=O)Nc1ccc(C(=O)O)cc1F)S(C)(=O)=O. The van der Waals surface area contributed by atoms with Crippen molar-refractivity contribution in [3.05, 3.63) is 29.6 Å². The zero-order valence-corrected chi connectivity index (χ0v) is 11.9. The minimum absolute atomic E-state index is 0.275. The van der Waals surface area contributed by atoms with E-state index in [2.05, 4.69) is 5.32 Å². The van der Waals surface area contributed by atoms with E-state index in [1.807, 2.05) is 0 Å². The molecule has 0 saturated carbocycles. The van der Waals surface area contributed by atoms with Gasteiger partial charge in [0.15, 0.2) is 9.84 Å². The minimum Gasteiger partial charge on any atom is -0.478 e. The molecular formula is C12H14FNO5S. The molecule has 0 atom stereocenters. The lowest BCUT2D eigenvalue weighted by atomic mass is 10.1. The standard InChI is InChI=1S/C12H14FNO5S/c1-12(2,20(3,18)19)11(17)14-9-5-4-7(10(15)16)6-8(9)13/h4-6H,1-3H3,(H,14,17)(H,15,16). The molecule has 0 heterocycles. The summed E-state index contributed by atoms with van der Waals surface area (Å²) in [6.07, 6.45) is 0.899. The van der Waals surface area contributed by atoms with E-state index in [0.717, 1.165) is 24.5 Å². The van der Waals surface area contributed by atoms with Gasteiger partial charge in [-0.15, -0.1) is 0 Å². The fourth-order valence-electron chi connectivity index (χ4n) is 1.19. The van der Waals surface area contributed by atoms with Gasteiger partial charge in [-0.3, -0.25) is 4.79 Å². The Kier molecular flexibility index (Phi) is 4.18. The molecule has 0 unspecified atom stereocenters. The van der Waals surface area contributed by atoms with Crippen LogP contribution in [0.4, 0.5) is 10.1 Å². The van der Waals surface area contributed by atoms with Crippen LogP contribution in [0.15, 0.2) is 18.2 Å². The molecule has 110 valence electrons. The monoisotopic (exact) mass is 303 g/mol. The molecule has 0 aliphatic heterocycles. The molecule has 1 aromatic carbocycles. The normalized spacial score (nSPS) is 12.0. The Morgan fingerprint density at radius 3 is 2.25 bits per heavy atom. The van der Waals surface area contributed by atoms with Gasteiger partial charge in [-0.2, -0.15) is 0 Å². The molecule has 1 amide bonds. The van der Waals surface area contributed by atoms with Gasteiger partial charge in [-0.05, 0) is 32.0 Å². The van der Waals surface area contributed by atoms with E-state index in [1.54, 1.807) is 0 Å². The Hall–Kier alpha value is -1.96. The molecule has 0 fully saturated rings. The Bertz CT molecular complexity index is 666. The summed E-state index contributed by atoms with van der Waals surface area (Å²) in [4.78, 5) is 22.5. The van der Waals surface area contributed by atoms with Gasteiger partial charge in [-0.25, -0.2) is 17.6 Å². The van der Waals surface area contributed by atoms with E-state index < -0.39 is 32.3 Å². The number of halogens is 1. The molecular weight excluding hydrogens is 289 g/mol. The first kappa shape index (κ1) is 16.1. The van der Waals surface area contributed by atoms with E-state index in [9.17, 15) is 22.4 Å². The Morgan fingerprint density at radius 1 is 1.30 bits per heavy atom. The molecule has 0 spiro atoms. The van der Waals surface area contributed by atoms with Gasteiger partial charge in [0.1, 0.15) is 10.6 Å². The minimum atomic E-state index is -3.68. The van der Waals surface area contributed by atoms with Gasteiger partial charge in [0.2, 0.25) is 5.91 Å². The number of rotatable bonds is 4. The largest absolute Gasteiger partial charge is 0.478 e. The average molecular weight is 303 g/mol. The van der Waals surface area contributed by atoms with Crippen molar-refractivity contribution in [1.29, 1.82) is 0 Å². The third kappa shape index (κ3) is 3.13. The van der Waals surface area contributed by atoms with Crippen LogP contribution in [0.25, 0.3) is 0 Å². The van der Waals surface area contributed by atoms with Crippen molar-refractivity contribution < 1.29 is 27.5 Å². The number of aromatic carboxylic acids is 1. The number of nitrogens with one attached hydrogen (secondary N) is 1. The second-order valence-electron chi connectivity index (χ2n) is 4.74. The van der Waals surface area contributed by atoms with Crippen molar-refractivity contribution in [3.63, 3.8) is 0 Å². The Labute approximate surface area is 115 Å². The van der Waals surface area contributed by atoms with Crippen molar-refractivity contribution in [2.45, 2.75) is 18.6 Å². The highest BCUT2D eigenvalue weighted by atomic mass is 32.2. The average Bonchev–Trinajstić information content (AvgIpc) is 2.29. The molecule has 20 heavy (non-hydrogen) atoms. The first-order valence-electron chi connectivity index (χ1n) is 5.50. The Balaban J connectivity index is 3.06. The lowest BCUT2D eigenvalue weighted by Gasteiger charge is -2.21. The second kappa shape index (κ2) is 5.20. The van der Waals surface area contributed by atoms with Crippen LogP contribution < -0.4 is 5.32 Å². The zero-order chi connectivity index (χ0) is 15.7. The zero-order valence-electron chi connectivity index (χ0n) is 11.1. The number of hydrogen-bond donors (Lipinski definition) is 2. The predicted molar refractivity (Wildman–Crippen MR) is 70.9 cm³/mol. The van der Waals surface area contributed by atoms with Crippen molar-refractivity contribution in [2.24, 2.45) is 0 Å². The fraction of sp³-hybridized carbons (Fsp3) is 0.333. The van der Waals surface area contributed by atoms with Crippen LogP contribution in [0.5, 0.6) is 0 Å². The van der Waals surface area contributed by atoms with Crippen LogP contribution in [0.3, 0.4) is 0 Å². The Morgan fingerprint density at radius 2 is 1.85 bits per heavy atom. The maximum Gasteiger partial charge on any atom is 0.335 e. The topological polar surface area (TPSA) is 101 Å². The van der Waals surface area contributed by atoms with Crippen LogP contribution in [0.2, 0.25) is 0 Å². The number of carboxylic acids is 1. The third-order valence-electron chi connectivity index (χ3n) is 2.94. The molecule has 6 nitrogen and oxygen atoms in total. The van der Waals surface area contributed by atoms with Gasteiger partial charge < -0.3 is 10.4 Å². The molecule has 0 aliphatic carbocycles. The van der Waals surface area contributed by atoms with Crippen LogP contribution in [-0.4, -0.2) is 36.4 Å². The summed E-state index contributed by atoms with van der Waals surface area (Å²) in [6.45, 7) is 2.39. The molecule has 0 radical (unpaired) electrons. The lowest BCUT2D eigenvalue weighted by Crippen LogP contribution is -2.44. The molecule has 8 heteroatoms. The number of carboxylic acid groups (broad SMARTS) is 1. The summed E-state index contributed by atoms with van der Waals surface area (Å²) < 4.78 is 34.9. The molecule has 0 aliphatic rings. The fourth-order valence-corrected chi connectivity index (χ4v) is 1.58. The summed E-state index contributed by atoms with van der Waals surface area (Å²) in [6, 6.07) is 2.91. The molecule has 1 aromatic rings. The van der Waals surface area contributed by atoms with Crippen LogP contribution >= 0.6 is 0 Å². The summed E-state index contributed by atoms with van der Waals surface area (Å²) in [5, 5.41) is 10.8. The smallest absolute Gasteiger partial charge is 0.335 e. The van der Waals surface area contributed by atoms with Crippen LogP contribution in [0, 0.1) is 5.82 Å². The quantitative estimate of drug-likeness (QED) is 0.872. The van der Waals surface area contributed by atoms with E-state index in [4.69, 9.17) is 5.11 Å². The van der Waals surface area contributed by atoms with Gasteiger partial charge in [0, 0.05) is 6.26 Å². The summed E-state index contributed by atoms with van der Waals surface area (Å²) in [7, 11) is -3.68. The summed E-state index contributed by atoms with van der Waals surface area (Å²) >= 11 is 0. The van der Waals surface area contributed by atoms with Crippen molar-refractivity contribution in [2.75, 3.05) is 11.6 Å². The first-order valence-corrected chi connectivity index (χ1v) is 7.40. The third-order valence-corrected chi connectivity index (χ3v) is 4.98. The number of hydrogen-bond acceptors (Lipinski definition) is 4. The van der Waals surface area contributed by atoms with Crippen molar-refractivity contribution in [1.82, 2.24) is 0 Å². The molecule has 2 N–H and O–H groups in total. The first-order chi connectivity index (χ1) is 8.96. The highest BCUT2D eigenvalue weighted by Gasteiger charge is 2.38. The summed E-state index contributed by atoms with van der Waals surface area (Å²) in [5.74, 6) is -3.16. The van der Waals surface area contributed by atoms with Crippen LogP contribution in [-0.2, 0) is 14.6 Å². The highest BCUT2D eigenvalue weighted by molar-refractivity contribution is 7.92. The van der Waals surface area contributed by atoms with E-state index in [0.29, 0.717) is 0 Å². The molecule has 0 aromatic heterocycles. The second-order valence-corrected chi connectivity index (χ2v) is 7.30. The van der Waals surface area contributed by atoms with Crippen molar-refractivity contribution in [3.8, 4) is 0 Å². The maximum atomic E-state index is 13.6. The van der Waals surface area contributed by atoms with E-state index >= 15 is 0 Å². The number of anilines is 1. The van der Waals surface area contributed by atoms with Gasteiger partial charge >= 0.3 is 5.97 Å². The van der Waals surface area contributed by atoms with E-state index in [1.165, 1.54) is 13.8 Å². The van der Waals surface area contributed by atoms with Gasteiger partial charge in [0.05, 0.1) is 11.3 Å². The molecule has 1 rings (SSSR count). The molecule has 0 bridgehead atoms. The molecule has 0 saturated heterocycles. The maximum absolute atomic E-state index is 13.6. The highest BCUT2D eigenvalue weighted by Crippen LogP contribution is 2.21.